The van der Waals surface area contributed by atoms with E-state index in [0.29, 0.717) is 36.5 Å². The van der Waals surface area contributed by atoms with Gasteiger partial charge >= 0.3 is 0 Å². The topological polar surface area (TPSA) is 88.6 Å². The van der Waals surface area contributed by atoms with Crippen molar-refractivity contribution in [1.29, 1.82) is 5.26 Å². The van der Waals surface area contributed by atoms with E-state index in [2.05, 4.69) is 11.0 Å². The fraction of sp³-hybridized carbons (Fsp3) is 0.632. The predicted molar refractivity (Wildman–Crippen MR) is 96.6 cm³/mol. The molecule has 1 aliphatic carbocycles. The largest absolute Gasteiger partial charge is 0.493 e. The Morgan fingerprint density at radius 1 is 1.27 bits per heavy atom. The van der Waals surface area contributed by atoms with E-state index >= 15 is 0 Å². The van der Waals surface area contributed by atoms with E-state index in [4.69, 9.17) is 9.47 Å². The minimum Gasteiger partial charge on any atom is -0.493 e. The van der Waals surface area contributed by atoms with Gasteiger partial charge in [-0.3, -0.25) is 10.1 Å². The van der Waals surface area contributed by atoms with Gasteiger partial charge in [-0.25, -0.2) is 0 Å². The zero-order valence-corrected chi connectivity index (χ0v) is 15.2. The highest BCUT2D eigenvalue weighted by molar-refractivity contribution is 5.59. The molecule has 0 unspecified atom stereocenters. The third-order valence-corrected chi connectivity index (χ3v) is 5.49. The molecule has 0 radical (unpaired) electrons. The van der Waals surface area contributed by atoms with Gasteiger partial charge in [0.25, 0.3) is 5.69 Å². The number of methoxy groups -OCH3 is 1. The maximum absolute atomic E-state index is 11.6. The molecule has 2 fully saturated rings. The van der Waals surface area contributed by atoms with Crippen molar-refractivity contribution in [2.75, 3.05) is 33.4 Å². The molecule has 2 aliphatic rings. The summed E-state index contributed by atoms with van der Waals surface area (Å²) in [6.45, 7) is 3.73. The lowest BCUT2D eigenvalue weighted by atomic mass is 9.65. The van der Waals surface area contributed by atoms with Crippen LogP contribution in [0.1, 0.15) is 44.1 Å². The molecule has 0 aromatic heterocycles. The Hall–Kier alpha value is -2.33. The highest BCUT2D eigenvalue weighted by Crippen LogP contribution is 2.49. The number of hydrogen-bond donors (Lipinski definition) is 0. The van der Waals surface area contributed by atoms with Gasteiger partial charge in [-0.1, -0.05) is 0 Å². The van der Waals surface area contributed by atoms with Crippen LogP contribution in [0.3, 0.4) is 0 Å². The number of likely N-dealkylation sites (tertiary alicyclic amines) is 1. The first kappa shape index (κ1) is 18.5. The molecule has 1 saturated heterocycles. The fourth-order valence-electron chi connectivity index (χ4n) is 3.80. The van der Waals surface area contributed by atoms with Gasteiger partial charge in [0.15, 0.2) is 11.5 Å². The summed E-state index contributed by atoms with van der Waals surface area (Å²) in [7, 11) is 1.52. The summed E-state index contributed by atoms with van der Waals surface area (Å²) < 4.78 is 11.2. The Bertz CT molecular complexity index is 703. The van der Waals surface area contributed by atoms with Crippen molar-refractivity contribution >= 4 is 5.69 Å². The van der Waals surface area contributed by atoms with Crippen LogP contribution in [0, 0.1) is 21.4 Å². The Kier molecular flexibility index (Phi) is 5.62. The van der Waals surface area contributed by atoms with Crippen LogP contribution in [0.15, 0.2) is 12.1 Å². The SMILES string of the molecule is COc1cc(C2(C#N)CCC2)c([N+](=O)[O-])cc1OCCCN1CCCC1. The minimum atomic E-state index is -0.774. The van der Waals surface area contributed by atoms with Gasteiger partial charge in [-0.15, -0.1) is 0 Å². The maximum Gasteiger partial charge on any atom is 0.278 e. The van der Waals surface area contributed by atoms with Crippen LogP contribution in [0.4, 0.5) is 5.69 Å². The molecule has 1 saturated carbocycles. The summed E-state index contributed by atoms with van der Waals surface area (Å²) >= 11 is 0. The quantitative estimate of drug-likeness (QED) is 0.401. The Morgan fingerprint density at radius 3 is 2.54 bits per heavy atom. The maximum atomic E-state index is 11.6. The van der Waals surface area contributed by atoms with Gasteiger partial charge < -0.3 is 14.4 Å². The van der Waals surface area contributed by atoms with E-state index in [1.54, 1.807) is 6.07 Å². The zero-order valence-electron chi connectivity index (χ0n) is 15.2. The molecule has 0 atom stereocenters. The summed E-state index contributed by atoms with van der Waals surface area (Å²) in [6, 6.07) is 5.31. The van der Waals surface area contributed by atoms with Crippen LogP contribution >= 0.6 is 0 Å². The third-order valence-electron chi connectivity index (χ3n) is 5.49. The van der Waals surface area contributed by atoms with Gasteiger partial charge in [-0.2, -0.15) is 5.26 Å². The number of rotatable bonds is 8. The Labute approximate surface area is 153 Å². The summed E-state index contributed by atoms with van der Waals surface area (Å²) in [4.78, 5) is 13.5. The van der Waals surface area contributed by atoms with Crippen molar-refractivity contribution in [3.05, 3.63) is 27.8 Å². The van der Waals surface area contributed by atoms with Crippen molar-refractivity contribution in [2.24, 2.45) is 0 Å². The molecule has 140 valence electrons. The van der Waals surface area contributed by atoms with Gasteiger partial charge in [0.1, 0.15) is 0 Å². The Balaban J connectivity index is 1.76. The monoisotopic (exact) mass is 359 g/mol. The lowest BCUT2D eigenvalue weighted by Gasteiger charge is -2.35. The van der Waals surface area contributed by atoms with Crippen molar-refractivity contribution in [1.82, 2.24) is 4.90 Å². The van der Waals surface area contributed by atoms with Crippen molar-refractivity contribution in [3.8, 4) is 17.6 Å². The van der Waals surface area contributed by atoms with E-state index in [9.17, 15) is 15.4 Å². The molecular weight excluding hydrogens is 334 g/mol. The first-order chi connectivity index (χ1) is 12.6. The molecule has 7 nitrogen and oxygen atoms in total. The second kappa shape index (κ2) is 7.92. The molecule has 1 aromatic carbocycles. The number of hydrogen-bond acceptors (Lipinski definition) is 6. The van der Waals surface area contributed by atoms with E-state index < -0.39 is 10.3 Å². The van der Waals surface area contributed by atoms with Crippen LogP contribution in [-0.4, -0.2) is 43.2 Å². The van der Waals surface area contributed by atoms with E-state index in [1.807, 2.05) is 0 Å². The summed E-state index contributed by atoms with van der Waals surface area (Å²) in [6.07, 6.45) is 5.56. The predicted octanol–water partition coefficient (Wildman–Crippen LogP) is 3.41. The average molecular weight is 359 g/mol. The van der Waals surface area contributed by atoms with Gasteiger partial charge in [-0.05, 0) is 57.7 Å². The molecule has 1 aromatic rings. The molecular formula is C19H25N3O4. The van der Waals surface area contributed by atoms with E-state index in [1.165, 1.54) is 26.0 Å². The number of nitro benzene ring substituents is 1. The standard InChI is InChI=1S/C19H25N3O4/c1-25-17-12-15(19(14-20)6-4-7-19)16(22(23)24)13-18(17)26-11-5-10-21-8-2-3-9-21/h12-13H,2-11H2,1H3. The lowest BCUT2D eigenvalue weighted by Crippen LogP contribution is -2.33. The highest BCUT2D eigenvalue weighted by Gasteiger charge is 2.44. The second-order valence-corrected chi connectivity index (χ2v) is 7.08. The second-order valence-electron chi connectivity index (χ2n) is 7.08. The normalized spacial score (nSPS) is 18.8. The van der Waals surface area contributed by atoms with Crippen LogP contribution in [0.25, 0.3) is 0 Å². The fourth-order valence-corrected chi connectivity index (χ4v) is 3.80. The molecule has 0 amide bonds. The summed E-state index contributed by atoms with van der Waals surface area (Å²) in [5.41, 5.74) is -0.386. The van der Waals surface area contributed by atoms with Crippen molar-refractivity contribution in [3.63, 3.8) is 0 Å². The number of nitrogens with zero attached hydrogens (tertiary/aromatic N) is 3. The van der Waals surface area contributed by atoms with E-state index in [0.717, 1.165) is 32.5 Å². The molecule has 26 heavy (non-hydrogen) atoms. The van der Waals surface area contributed by atoms with Crippen LogP contribution in [-0.2, 0) is 5.41 Å². The van der Waals surface area contributed by atoms with E-state index in [-0.39, 0.29) is 5.69 Å². The first-order valence-electron chi connectivity index (χ1n) is 9.23. The molecule has 0 N–H and O–H groups in total. The number of ether oxygens (including phenoxy) is 2. The summed E-state index contributed by atoms with van der Waals surface area (Å²) in [5, 5.41) is 21.1. The number of nitro groups is 1. The highest BCUT2D eigenvalue weighted by atomic mass is 16.6. The smallest absolute Gasteiger partial charge is 0.278 e. The first-order valence-corrected chi connectivity index (χ1v) is 9.23. The lowest BCUT2D eigenvalue weighted by molar-refractivity contribution is -0.386. The van der Waals surface area contributed by atoms with Gasteiger partial charge in [0.05, 0.1) is 41.8 Å². The summed E-state index contributed by atoms with van der Waals surface area (Å²) in [5.74, 6) is 0.824. The molecule has 3 rings (SSSR count). The van der Waals surface area contributed by atoms with Crippen LogP contribution < -0.4 is 9.47 Å². The molecule has 7 heteroatoms. The average Bonchev–Trinajstić information content (AvgIpc) is 3.11. The Morgan fingerprint density at radius 2 is 2.00 bits per heavy atom. The van der Waals surface area contributed by atoms with Crippen molar-refractivity contribution in [2.45, 2.75) is 43.9 Å². The van der Waals surface area contributed by atoms with Gasteiger partial charge in [0.2, 0.25) is 0 Å². The van der Waals surface area contributed by atoms with Gasteiger partial charge in [0, 0.05) is 6.54 Å². The number of benzene rings is 1. The van der Waals surface area contributed by atoms with Crippen LogP contribution in [0.2, 0.25) is 0 Å². The molecule has 0 spiro atoms. The third kappa shape index (κ3) is 3.61. The van der Waals surface area contributed by atoms with Crippen LogP contribution in [0.5, 0.6) is 11.5 Å². The minimum absolute atomic E-state index is 0.0541. The van der Waals surface area contributed by atoms with Crippen molar-refractivity contribution < 1.29 is 14.4 Å². The zero-order chi connectivity index (χ0) is 18.6. The molecule has 1 aliphatic heterocycles. The molecule has 1 heterocycles. The number of nitriles is 1. The molecule has 0 bridgehead atoms.